The van der Waals surface area contributed by atoms with E-state index in [1.165, 1.54) is 30.3 Å². The molecular formula is C24H19ClN4O5. The van der Waals surface area contributed by atoms with Crippen molar-refractivity contribution in [3.8, 4) is 5.75 Å². The van der Waals surface area contributed by atoms with E-state index in [1.54, 1.807) is 49.4 Å². The van der Waals surface area contributed by atoms with Crippen LogP contribution in [0.15, 0.2) is 77.9 Å². The lowest BCUT2D eigenvalue weighted by atomic mass is 10.1. The lowest BCUT2D eigenvalue weighted by molar-refractivity contribution is -0.136. The third-order valence-electron chi connectivity index (χ3n) is 4.50. The van der Waals surface area contributed by atoms with Gasteiger partial charge in [-0.05, 0) is 61.5 Å². The van der Waals surface area contributed by atoms with E-state index in [-0.39, 0.29) is 16.9 Å². The fourth-order valence-corrected chi connectivity index (χ4v) is 2.97. The van der Waals surface area contributed by atoms with Crippen molar-refractivity contribution in [2.75, 3.05) is 5.32 Å². The maximum atomic E-state index is 12.5. The van der Waals surface area contributed by atoms with Gasteiger partial charge in [-0.1, -0.05) is 29.8 Å². The number of hydrogen-bond donors (Lipinski definition) is 3. The van der Waals surface area contributed by atoms with Crippen molar-refractivity contribution >= 4 is 46.7 Å². The predicted octanol–water partition coefficient (Wildman–Crippen LogP) is 3.14. The second kappa shape index (κ2) is 10.9. The summed E-state index contributed by atoms with van der Waals surface area (Å²) >= 11 is 5.92. The number of amides is 3. The van der Waals surface area contributed by atoms with Crippen LogP contribution in [0.25, 0.3) is 0 Å². The molecule has 0 saturated carbocycles. The van der Waals surface area contributed by atoms with Gasteiger partial charge in [-0.2, -0.15) is 5.10 Å². The van der Waals surface area contributed by atoms with Crippen molar-refractivity contribution in [1.82, 2.24) is 5.43 Å². The van der Waals surface area contributed by atoms with Crippen LogP contribution in [0.2, 0.25) is 5.02 Å². The molecule has 3 aromatic carbocycles. The Balaban J connectivity index is 1.66. The molecule has 3 rings (SSSR count). The summed E-state index contributed by atoms with van der Waals surface area (Å²) in [5.74, 6) is -3.01. The average molecular weight is 479 g/mol. The van der Waals surface area contributed by atoms with Gasteiger partial charge in [-0.15, -0.1) is 0 Å². The quantitative estimate of drug-likeness (QED) is 0.164. The second-order valence-electron chi connectivity index (χ2n) is 6.93. The molecule has 3 amide bonds. The molecule has 0 aliphatic carbocycles. The zero-order valence-electron chi connectivity index (χ0n) is 17.9. The molecule has 0 bridgehead atoms. The lowest BCUT2D eigenvalue weighted by Crippen LogP contribution is -2.33. The van der Waals surface area contributed by atoms with E-state index in [0.717, 1.165) is 0 Å². The number of anilines is 1. The summed E-state index contributed by atoms with van der Waals surface area (Å²) < 4.78 is 5.46. The molecule has 0 atom stereocenters. The van der Waals surface area contributed by atoms with Crippen LogP contribution < -0.4 is 21.2 Å². The van der Waals surface area contributed by atoms with E-state index in [4.69, 9.17) is 22.1 Å². The molecular weight excluding hydrogens is 460 g/mol. The summed E-state index contributed by atoms with van der Waals surface area (Å²) in [4.78, 5) is 47.8. The first-order valence-corrected chi connectivity index (χ1v) is 10.2. The van der Waals surface area contributed by atoms with Crippen molar-refractivity contribution < 1.29 is 23.9 Å². The van der Waals surface area contributed by atoms with Crippen LogP contribution in [0.1, 0.15) is 33.2 Å². The Morgan fingerprint density at radius 3 is 2.26 bits per heavy atom. The number of rotatable bonds is 6. The van der Waals surface area contributed by atoms with E-state index >= 15 is 0 Å². The molecule has 10 heteroatoms. The van der Waals surface area contributed by atoms with Crippen molar-refractivity contribution in [1.29, 1.82) is 0 Å². The first-order valence-electron chi connectivity index (χ1n) is 9.87. The van der Waals surface area contributed by atoms with Gasteiger partial charge < -0.3 is 15.8 Å². The maximum absolute atomic E-state index is 12.5. The molecule has 4 N–H and O–H groups in total. The molecule has 172 valence electrons. The van der Waals surface area contributed by atoms with Gasteiger partial charge in [-0.25, -0.2) is 10.2 Å². The Hall–Kier alpha value is -4.50. The smallest absolute Gasteiger partial charge is 0.343 e. The molecule has 34 heavy (non-hydrogen) atoms. The number of benzene rings is 3. The van der Waals surface area contributed by atoms with Crippen molar-refractivity contribution in [2.24, 2.45) is 10.8 Å². The highest BCUT2D eigenvalue weighted by molar-refractivity contribution is 6.39. The number of halogens is 1. The van der Waals surface area contributed by atoms with Crippen LogP contribution in [0.5, 0.6) is 5.75 Å². The number of para-hydroxylation sites is 1. The maximum Gasteiger partial charge on any atom is 0.343 e. The standard InChI is InChI=1S/C24H19ClN4O5/c1-14(28-29-23(32)22(31)27-18-11-9-15(10-12-18)21(26)30)19-7-2-3-8-20(19)34-24(33)16-5-4-6-17(25)13-16/h2-13H,1H3,(H2,26,30)(H,27,31)(H,29,32)/b28-14+. The number of nitrogens with zero attached hydrogens (tertiary/aromatic N) is 1. The van der Waals surface area contributed by atoms with E-state index in [0.29, 0.717) is 22.0 Å². The normalized spacial score (nSPS) is 10.8. The van der Waals surface area contributed by atoms with Crippen LogP contribution in [-0.2, 0) is 9.59 Å². The van der Waals surface area contributed by atoms with E-state index in [2.05, 4.69) is 15.8 Å². The van der Waals surface area contributed by atoms with Gasteiger partial charge in [0.1, 0.15) is 5.75 Å². The monoisotopic (exact) mass is 478 g/mol. The number of hydrogen-bond acceptors (Lipinski definition) is 6. The van der Waals surface area contributed by atoms with Gasteiger partial charge in [0.15, 0.2) is 0 Å². The number of carbonyl (C=O) groups excluding carboxylic acids is 4. The molecule has 0 aliphatic rings. The van der Waals surface area contributed by atoms with Gasteiger partial charge in [0.25, 0.3) is 0 Å². The van der Waals surface area contributed by atoms with Gasteiger partial charge in [0, 0.05) is 21.8 Å². The third-order valence-corrected chi connectivity index (χ3v) is 4.73. The zero-order valence-corrected chi connectivity index (χ0v) is 18.6. The van der Waals surface area contributed by atoms with E-state index in [1.807, 2.05) is 0 Å². The van der Waals surface area contributed by atoms with Gasteiger partial charge in [0.05, 0.1) is 11.3 Å². The summed E-state index contributed by atoms with van der Waals surface area (Å²) in [5, 5.41) is 6.70. The van der Waals surface area contributed by atoms with E-state index < -0.39 is 23.7 Å². The number of ether oxygens (including phenoxy) is 1. The largest absolute Gasteiger partial charge is 0.422 e. The number of hydrazone groups is 1. The summed E-state index contributed by atoms with van der Waals surface area (Å²) in [5.41, 5.74) is 8.87. The zero-order chi connectivity index (χ0) is 24.7. The average Bonchev–Trinajstić information content (AvgIpc) is 2.83. The highest BCUT2D eigenvalue weighted by Crippen LogP contribution is 2.21. The Kier molecular flexibility index (Phi) is 7.73. The molecule has 9 nitrogen and oxygen atoms in total. The molecule has 3 aromatic rings. The third kappa shape index (κ3) is 6.27. The van der Waals surface area contributed by atoms with Crippen LogP contribution in [0.3, 0.4) is 0 Å². The van der Waals surface area contributed by atoms with Crippen LogP contribution in [0, 0.1) is 0 Å². The first-order chi connectivity index (χ1) is 16.2. The van der Waals surface area contributed by atoms with Crippen LogP contribution >= 0.6 is 11.6 Å². The minimum atomic E-state index is -1.02. The van der Waals surface area contributed by atoms with E-state index in [9.17, 15) is 19.2 Å². The van der Waals surface area contributed by atoms with Crippen molar-refractivity contribution in [3.63, 3.8) is 0 Å². The molecule has 0 spiro atoms. The second-order valence-corrected chi connectivity index (χ2v) is 7.37. The predicted molar refractivity (Wildman–Crippen MR) is 127 cm³/mol. The fourth-order valence-electron chi connectivity index (χ4n) is 2.78. The molecule has 0 unspecified atom stereocenters. The molecule has 0 aromatic heterocycles. The van der Waals surface area contributed by atoms with Crippen LogP contribution in [-0.4, -0.2) is 29.4 Å². The highest BCUT2D eigenvalue weighted by atomic mass is 35.5. The van der Waals surface area contributed by atoms with Crippen molar-refractivity contribution in [3.05, 3.63) is 94.5 Å². The highest BCUT2D eigenvalue weighted by Gasteiger charge is 2.16. The fraction of sp³-hybridized carbons (Fsp3) is 0.0417. The van der Waals surface area contributed by atoms with Crippen molar-refractivity contribution in [2.45, 2.75) is 6.92 Å². The summed E-state index contributed by atoms with van der Waals surface area (Å²) in [6.07, 6.45) is 0. The minimum absolute atomic E-state index is 0.210. The summed E-state index contributed by atoms with van der Waals surface area (Å²) in [6, 6.07) is 18.6. The molecule has 0 aliphatic heterocycles. The number of primary amides is 1. The molecule has 0 heterocycles. The Labute approximate surface area is 199 Å². The summed E-state index contributed by atoms with van der Waals surface area (Å²) in [6.45, 7) is 1.58. The Bertz CT molecular complexity index is 1290. The van der Waals surface area contributed by atoms with Crippen LogP contribution in [0.4, 0.5) is 5.69 Å². The Morgan fingerprint density at radius 1 is 0.882 bits per heavy atom. The minimum Gasteiger partial charge on any atom is -0.422 e. The number of nitrogens with two attached hydrogens (primary N) is 1. The van der Waals surface area contributed by atoms with Gasteiger partial charge >= 0.3 is 17.8 Å². The van der Waals surface area contributed by atoms with Gasteiger partial charge in [-0.3, -0.25) is 14.4 Å². The first kappa shape index (κ1) is 24.1. The number of esters is 1. The molecule has 0 radical (unpaired) electrons. The van der Waals surface area contributed by atoms with Gasteiger partial charge in [0.2, 0.25) is 5.91 Å². The summed E-state index contributed by atoms with van der Waals surface area (Å²) in [7, 11) is 0. The Morgan fingerprint density at radius 2 is 1.59 bits per heavy atom. The number of nitrogens with one attached hydrogen (secondary N) is 2. The lowest BCUT2D eigenvalue weighted by Gasteiger charge is -2.10. The molecule has 0 saturated heterocycles. The molecule has 0 fully saturated rings. The topological polar surface area (TPSA) is 140 Å². The SMILES string of the molecule is C/C(=N\NC(=O)C(=O)Nc1ccc(C(N)=O)cc1)c1ccccc1OC(=O)c1cccc(Cl)c1. The number of carbonyl (C=O) groups is 4.